The third-order valence-corrected chi connectivity index (χ3v) is 8.16. The normalized spacial score (nSPS) is 35.8. The molecule has 1 amide bonds. The van der Waals surface area contributed by atoms with Gasteiger partial charge in [0.05, 0.1) is 12.6 Å². The maximum Gasteiger partial charge on any atom is 0.223 e. The first-order valence-electron chi connectivity index (χ1n) is 12.0. The molecule has 9 heteroatoms. The summed E-state index contributed by atoms with van der Waals surface area (Å²) in [5.74, 6) is 2.95. The first-order valence-corrected chi connectivity index (χ1v) is 12.0. The quantitative estimate of drug-likeness (QED) is 0.356. The zero-order valence-corrected chi connectivity index (χ0v) is 21.2. The highest BCUT2D eigenvalue weighted by atomic mass is 35.5. The molecular formula is C23H43Cl2N5O2. The van der Waals surface area contributed by atoms with Gasteiger partial charge in [0.2, 0.25) is 5.91 Å². The van der Waals surface area contributed by atoms with E-state index in [1.54, 1.807) is 0 Å². The van der Waals surface area contributed by atoms with E-state index in [1.165, 1.54) is 38.5 Å². The highest BCUT2D eigenvalue weighted by molar-refractivity contribution is 5.85. The maximum absolute atomic E-state index is 12.9. The molecule has 1 heterocycles. The molecule has 32 heavy (non-hydrogen) atoms. The largest absolute Gasteiger partial charge is 0.389 e. The number of aliphatic hydroxyl groups is 1. The highest BCUT2D eigenvalue weighted by Crippen LogP contribution is 2.64. The van der Waals surface area contributed by atoms with Gasteiger partial charge in [-0.1, -0.05) is 13.8 Å². The third kappa shape index (κ3) is 6.02. The van der Waals surface area contributed by atoms with Crippen molar-refractivity contribution in [3.63, 3.8) is 0 Å². The number of hydrogen-bond donors (Lipinski definition) is 5. The Balaban J connectivity index is 0.00000181. The summed E-state index contributed by atoms with van der Waals surface area (Å²) in [6, 6.07) is 0. The summed E-state index contributed by atoms with van der Waals surface area (Å²) in [7, 11) is 0. The van der Waals surface area contributed by atoms with E-state index >= 15 is 0 Å². The van der Waals surface area contributed by atoms with Crippen LogP contribution >= 0.6 is 24.8 Å². The molecule has 4 unspecified atom stereocenters. The molecular weight excluding hydrogens is 449 g/mol. The lowest BCUT2D eigenvalue weighted by Crippen LogP contribution is -2.59. The Hall–Kier alpha value is -0.760. The maximum atomic E-state index is 12.9. The van der Waals surface area contributed by atoms with E-state index < -0.39 is 0 Å². The minimum Gasteiger partial charge on any atom is -0.389 e. The number of amides is 1. The molecule has 0 aromatic rings. The molecule has 186 valence electrons. The number of aliphatic hydroxyl groups excluding tert-OH is 1. The van der Waals surface area contributed by atoms with Gasteiger partial charge in [-0.25, -0.2) is 0 Å². The lowest BCUT2D eigenvalue weighted by atomic mass is 9.44. The summed E-state index contributed by atoms with van der Waals surface area (Å²) in [6.45, 7) is 7.61. The average Bonchev–Trinajstić information content (AvgIpc) is 2.69. The van der Waals surface area contributed by atoms with Crippen molar-refractivity contribution in [2.45, 2.75) is 64.9 Å². The molecule has 0 aromatic carbocycles. The molecule has 5 rings (SSSR count). The van der Waals surface area contributed by atoms with Crippen LogP contribution < -0.4 is 21.7 Å². The van der Waals surface area contributed by atoms with Crippen LogP contribution in [0.1, 0.15) is 58.8 Å². The Bertz CT molecular complexity index is 661. The number of nitrogens with zero attached hydrogens (tertiary/aromatic N) is 1. The second kappa shape index (κ2) is 11.1. The molecule has 0 saturated heterocycles. The Morgan fingerprint density at radius 3 is 2.34 bits per heavy atom. The molecule has 1 aliphatic heterocycles. The summed E-state index contributed by atoms with van der Waals surface area (Å²) >= 11 is 0. The summed E-state index contributed by atoms with van der Waals surface area (Å²) in [4.78, 5) is 17.3. The van der Waals surface area contributed by atoms with E-state index in [1.807, 2.05) is 0 Å². The molecule has 4 bridgehead atoms. The number of β-amino-alcohol motifs (C(OH)–C–C–N with tert-alkyl or cyclic N) is 1. The Morgan fingerprint density at radius 2 is 1.81 bits per heavy atom. The number of guanidine groups is 1. The predicted molar refractivity (Wildman–Crippen MR) is 133 cm³/mol. The molecule has 7 nitrogen and oxygen atoms in total. The number of nitrogens with one attached hydrogen (secondary N) is 3. The van der Waals surface area contributed by atoms with Crippen LogP contribution in [0.5, 0.6) is 0 Å². The van der Waals surface area contributed by atoms with Gasteiger partial charge in [0.1, 0.15) is 0 Å². The van der Waals surface area contributed by atoms with Crippen LogP contribution in [0.15, 0.2) is 4.99 Å². The predicted octanol–water partition coefficient (Wildman–Crippen LogP) is 2.06. The Kier molecular flexibility index (Phi) is 9.54. The summed E-state index contributed by atoms with van der Waals surface area (Å²) in [5.41, 5.74) is 6.31. The number of rotatable bonds is 8. The van der Waals surface area contributed by atoms with Crippen molar-refractivity contribution in [2.75, 3.05) is 32.7 Å². The zero-order valence-electron chi connectivity index (χ0n) is 19.6. The fourth-order valence-electron chi connectivity index (χ4n) is 7.34. The van der Waals surface area contributed by atoms with Crippen molar-refractivity contribution < 1.29 is 9.90 Å². The SMILES string of the molecule is CC(C)C(CCN)C(=O)NCC12CC3CC(C1)CC(CNC1=NCC(O)CN1)(C3)C2.Cl.Cl. The average molecular weight is 493 g/mol. The molecule has 0 radical (unpaired) electrons. The minimum absolute atomic E-state index is 0. The van der Waals surface area contributed by atoms with Gasteiger partial charge in [-0.05, 0) is 80.1 Å². The highest BCUT2D eigenvalue weighted by Gasteiger charge is 2.57. The van der Waals surface area contributed by atoms with Gasteiger partial charge in [0.25, 0.3) is 0 Å². The van der Waals surface area contributed by atoms with Gasteiger partial charge < -0.3 is 26.8 Å². The third-order valence-electron chi connectivity index (χ3n) is 8.16. The molecule has 0 spiro atoms. The Morgan fingerprint density at radius 1 is 1.19 bits per heavy atom. The van der Waals surface area contributed by atoms with Crippen LogP contribution in [-0.2, 0) is 4.79 Å². The van der Waals surface area contributed by atoms with E-state index in [0.717, 1.165) is 37.3 Å². The number of carbonyl (C=O) groups is 1. The van der Waals surface area contributed by atoms with Crippen molar-refractivity contribution >= 4 is 36.7 Å². The molecule has 0 aromatic heterocycles. The molecule has 5 aliphatic rings. The van der Waals surface area contributed by atoms with Crippen molar-refractivity contribution in [3.8, 4) is 0 Å². The van der Waals surface area contributed by atoms with Crippen LogP contribution in [0.3, 0.4) is 0 Å². The monoisotopic (exact) mass is 491 g/mol. The van der Waals surface area contributed by atoms with Gasteiger partial charge in [0, 0.05) is 25.6 Å². The number of halogens is 2. The minimum atomic E-state index is -0.379. The second-order valence-corrected chi connectivity index (χ2v) is 11.2. The van der Waals surface area contributed by atoms with Crippen molar-refractivity contribution in [3.05, 3.63) is 0 Å². The summed E-state index contributed by atoms with van der Waals surface area (Å²) in [5, 5.41) is 19.8. The standard InChI is InChI=1S/C23H41N5O2.2ClH/c1-15(2)19(3-4-24)20(30)27-13-22-6-16-5-17(7-22)9-23(8-16,12-22)14-28-21-25-10-18(29)11-26-21;;/h15-19,29H,3-14,24H2,1-2H3,(H,27,30)(H2,25,26,28);2*1H. The van der Waals surface area contributed by atoms with Crippen molar-refractivity contribution in [2.24, 2.45) is 45.2 Å². The van der Waals surface area contributed by atoms with Crippen LogP contribution in [0, 0.1) is 34.5 Å². The molecule has 4 aliphatic carbocycles. The van der Waals surface area contributed by atoms with Crippen LogP contribution in [-0.4, -0.2) is 55.8 Å². The van der Waals surface area contributed by atoms with Crippen LogP contribution in [0.2, 0.25) is 0 Å². The zero-order chi connectivity index (χ0) is 21.4. The lowest BCUT2D eigenvalue weighted by molar-refractivity contribution is -0.132. The van der Waals surface area contributed by atoms with E-state index in [4.69, 9.17) is 5.73 Å². The topological polar surface area (TPSA) is 112 Å². The summed E-state index contributed by atoms with van der Waals surface area (Å²) < 4.78 is 0. The van der Waals surface area contributed by atoms with E-state index in [0.29, 0.717) is 31.0 Å². The van der Waals surface area contributed by atoms with Crippen LogP contribution in [0.4, 0.5) is 0 Å². The van der Waals surface area contributed by atoms with E-state index in [9.17, 15) is 9.90 Å². The molecule has 6 N–H and O–H groups in total. The lowest BCUT2D eigenvalue weighted by Gasteiger charge is -2.62. The van der Waals surface area contributed by atoms with E-state index in [-0.39, 0.29) is 48.2 Å². The van der Waals surface area contributed by atoms with Crippen molar-refractivity contribution in [1.29, 1.82) is 0 Å². The Labute approximate surface area is 205 Å². The summed E-state index contributed by atoms with van der Waals surface area (Å²) in [6.07, 6.45) is 8.06. The van der Waals surface area contributed by atoms with Crippen LogP contribution in [0.25, 0.3) is 0 Å². The number of hydrogen-bond acceptors (Lipinski definition) is 6. The number of aliphatic imine (C=N–C) groups is 1. The van der Waals surface area contributed by atoms with Gasteiger partial charge in [-0.3, -0.25) is 9.79 Å². The number of nitrogens with two attached hydrogens (primary N) is 1. The number of carbonyl (C=O) groups excluding carboxylic acids is 1. The first-order chi connectivity index (χ1) is 14.3. The van der Waals surface area contributed by atoms with Gasteiger partial charge >= 0.3 is 0 Å². The molecule has 4 fully saturated rings. The molecule has 4 atom stereocenters. The van der Waals surface area contributed by atoms with Gasteiger partial charge in [0.15, 0.2) is 5.96 Å². The van der Waals surface area contributed by atoms with Gasteiger partial charge in [-0.2, -0.15) is 0 Å². The second-order valence-electron chi connectivity index (χ2n) is 11.2. The van der Waals surface area contributed by atoms with Gasteiger partial charge in [-0.15, -0.1) is 24.8 Å². The first kappa shape index (κ1) is 27.5. The molecule has 4 saturated carbocycles. The van der Waals surface area contributed by atoms with Crippen molar-refractivity contribution in [1.82, 2.24) is 16.0 Å². The van der Waals surface area contributed by atoms with E-state index in [2.05, 4.69) is 34.8 Å². The smallest absolute Gasteiger partial charge is 0.223 e. The fraction of sp³-hybridized carbons (Fsp3) is 0.913. The fourth-order valence-corrected chi connectivity index (χ4v) is 7.34.